The third kappa shape index (κ3) is 4.57. The Morgan fingerprint density at radius 1 is 1.16 bits per heavy atom. The molecule has 1 fully saturated rings. The minimum atomic E-state index is -0.638. The van der Waals surface area contributed by atoms with Gasteiger partial charge in [0.05, 0.1) is 10.4 Å². The van der Waals surface area contributed by atoms with Gasteiger partial charge in [-0.2, -0.15) is 0 Å². The van der Waals surface area contributed by atoms with E-state index in [0.29, 0.717) is 48.2 Å². The van der Waals surface area contributed by atoms with Gasteiger partial charge in [-0.1, -0.05) is 6.07 Å². The first kappa shape index (κ1) is 20.6. The number of rotatable bonds is 8. The van der Waals surface area contributed by atoms with Crippen molar-refractivity contribution in [1.29, 1.82) is 0 Å². The first-order valence-electron chi connectivity index (χ1n) is 9.79. The highest BCUT2D eigenvalue weighted by Crippen LogP contribution is 2.48. The number of carbonyl (C=O) groups is 1. The molecule has 4 rings (SSSR count). The molecule has 1 aromatic heterocycles. The zero-order chi connectivity index (χ0) is 22.0. The molecule has 2 N–H and O–H groups in total. The van der Waals surface area contributed by atoms with Gasteiger partial charge in [0.1, 0.15) is 23.8 Å². The zero-order valence-corrected chi connectivity index (χ0v) is 16.3. The van der Waals surface area contributed by atoms with Crippen molar-refractivity contribution >= 4 is 28.3 Å². The molecule has 2 atom stereocenters. The van der Waals surface area contributed by atoms with Crippen LogP contribution in [0.1, 0.15) is 24.3 Å². The van der Waals surface area contributed by atoms with E-state index in [-0.39, 0.29) is 23.4 Å². The predicted octanol–water partition coefficient (Wildman–Crippen LogP) is 3.54. The van der Waals surface area contributed by atoms with Crippen LogP contribution in [-0.2, 0) is 4.79 Å². The number of halogens is 2. The smallest absolute Gasteiger partial charge is 0.270 e. The third-order valence-corrected chi connectivity index (χ3v) is 5.26. The fourth-order valence-corrected chi connectivity index (χ4v) is 3.57. The molecule has 0 spiro atoms. The van der Waals surface area contributed by atoms with Crippen molar-refractivity contribution in [3.8, 4) is 0 Å². The van der Waals surface area contributed by atoms with Gasteiger partial charge < -0.3 is 10.6 Å². The molecule has 1 heterocycles. The number of amides is 1. The molecule has 1 amide bonds. The SMILES string of the molecule is O=C(NCCCNc1ncnc2ccc([N+](=O)[O-])cc12)C1CC1c1ccc(F)cc1F. The number of anilines is 1. The number of nitro benzene ring substituents is 1. The van der Waals surface area contributed by atoms with Crippen LogP contribution in [0, 0.1) is 27.7 Å². The second kappa shape index (κ2) is 8.58. The average molecular weight is 427 g/mol. The fourth-order valence-electron chi connectivity index (χ4n) is 3.57. The van der Waals surface area contributed by atoms with Gasteiger partial charge in [-0.3, -0.25) is 14.9 Å². The molecule has 0 saturated heterocycles. The number of nitrogens with zero attached hydrogens (tertiary/aromatic N) is 3. The van der Waals surface area contributed by atoms with Crippen LogP contribution in [0.2, 0.25) is 0 Å². The van der Waals surface area contributed by atoms with E-state index < -0.39 is 16.6 Å². The molecule has 10 heteroatoms. The van der Waals surface area contributed by atoms with Crippen molar-refractivity contribution in [1.82, 2.24) is 15.3 Å². The lowest BCUT2D eigenvalue weighted by atomic mass is 10.1. The van der Waals surface area contributed by atoms with Crippen LogP contribution in [0.4, 0.5) is 20.3 Å². The number of hydrogen-bond donors (Lipinski definition) is 2. The van der Waals surface area contributed by atoms with E-state index in [1.54, 1.807) is 6.07 Å². The lowest BCUT2D eigenvalue weighted by Gasteiger charge is -2.09. The van der Waals surface area contributed by atoms with E-state index in [1.807, 2.05) is 0 Å². The molecule has 8 nitrogen and oxygen atoms in total. The minimum absolute atomic E-state index is 0.0470. The number of aromatic nitrogens is 2. The first-order valence-corrected chi connectivity index (χ1v) is 9.79. The number of nitrogens with one attached hydrogen (secondary N) is 2. The number of benzene rings is 2. The van der Waals surface area contributed by atoms with Crippen molar-refractivity contribution < 1.29 is 18.5 Å². The van der Waals surface area contributed by atoms with Crippen molar-refractivity contribution in [3.05, 3.63) is 70.0 Å². The molecule has 3 aromatic rings. The number of hydrogen-bond acceptors (Lipinski definition) is 6. The molecule has 0 aliphatic heterocycles. The number of nitro groups is 1. The molecule has 0 bridgehead atoms. The van der Waals surface area contributed by atoms with Gasteiger partial charge in [0.15, 0.2) is 0 Å². The lowest BCUT2D eigenvalue weighted by molar-refractivity contribution is -0.384. The normalized spacial score (nSPS) is 17.4. The predicted molar refractivity (Wildman–Crippen MR) is 110 cm³/mol. The lowest BCUT2D eigenvalue weighted by Crippen LogP contribution is -2.27. The molecule has 1 aliphatic rings. The van der Waals surface area contributed by atoms with Gasteiger partial charge in [0.25, 0.3) is 5.69 Å². The Labute approximate surface area is 175 Å². The summed E-state index contributed by atoms with van der Waals surface area (Å²) < 4.78 is 26.9. The first-order chi connectivity index (χ1) is 14.9. The molecule has 2 aromatic carbocycles. The van der Waals surface area contributed by atoms with Crippen LogP contribution in [-0.4, -0.2) is 33.9 Å². The summed E-state index contributed by atoms with van der Waals surface area (Å²) >= 11 is 0. The summed E-state index contributed by atoms with van der Waals surface area (Å²) in [5.74, 6) is -1.46. The maximum Gasteiger partial charge on any atom is 0.270 e. The molecular formula is C21H19F2N5O3. The standard InChI is InChI=1S/C21H19F2N5O3/c22-12-2-4-14(18(23)8-12)15-10-16(15)21(29)25-7-1-6-24-20-17-9-13(28(30)31)3-5-19(17)26-11-27-20/h2-5,8-9,11,15-16H,1,6-7,10H2,(H,25,29)(H,24,26,27). The highest BCUT2D eigenvalue weighted by Gasteiger charge is 2.45. The average Bonchev–Trinajstić information content (AvgIpc) is 3.53. The van der Waals surface area contributed by atoms with E-state index in [2.05, 4.69) is 20.6 Å². The summed E-state index contributed by atoms with van der Waals surface area (Å²) in [4.78, 5) is 31.0. The molecule has 0 radical (unpaired) electrons. The maximum absolute atomic E-state index is 13.8. The van der Waals surface area contributed by atoms with Gasteiger partial charge >= 0.3 is 0 Å². The van der Waals surface area contributed by atoms with Crippen LogP contribution in [0.5, 0.6) is 0 Å². The highest BCUT2D eigenvalue weighted by atomic mass is 19.1. The number of non-ortho nitro benzene ring substituents is 1. The molecule has 31 heavy (non-hydrogen) atoms. The Morgan fingerprint density at radius 3 is 2.77 bits per heavy atom. The van der Waals surface area contributed by atoms with Crippen LogP contribution in [0.15, 0.2) is 42.7 Å². The minimum Gasteiger partial charge on any atom is -0.369 e. The number of carbonyl (C=O) groups excluding carboxylic acids is 1. The largest absolute Gasteiger partial charge is 0.369 e. The summed E-state index contributed by atoms with van der Waals surface area (Å²) in [6, 6.07) is 7.79. The monoisotopic (exact) mass is 427 g/mol. The van der Waals surface area contributed by atoms with Crippen molar-refractivity contribution in [3.63, 3.8) is 0 Å². The van der Waals surface area contributed by atoms with E-state index in [0.717, 1.165) is 6.07 Å². The molecule has 160 valence electrons. The van der Waals surface area contributed by atoms with Gasteiger partial charge in [-0.05, 0) is 36.5 Å². The van der Waals surface area contributed by atoms with Crippen LogP contribution >= 0.6 is 0 Å². The summed E-state index contributed by atoms with van der Waals surface area (Å²) in [7, 11) is 0. The van der Waals surface area contributed by atoms with E-state index in [9.17, 15) is 23.7 Å². The molecular weight excluding hydrogens is 408 g/mol. The quantitative estimate of drug-likeness (QED) is 0.323. The number of fused-ring (bicyclic) bond motifs is 1. The summed E-state index contributed by atoms with van der Waals surface area (Å²) in [5, 5.41) is 17.5. The van der Waals surface area contributed by atoms with Gasteiger partial charge in [0.2, 0.25) is 5.91 Å². The Hall–Kier alpha value is -3.69. The summed E-state index contributed by atoms with van der Waals surface area (Å²) in [5.41, 5.74) is 0.909. The Balaban J connectivity index is 1.26. The zero-order valence-electron chi connectivity index (χ0n) is 16.3. The molecule has 1 saturated carbocycles. The Bertz CT molecular complexity index is 1160. The van der Waals surface area contributed by atoms with Crippen molar-refractivity contribution in [2.75, 3.05) is 18.4 Å². The Morgan fingerprint density at radius 2 is 2.00 bits per heavy atom. The van der Waals surface area contributed by atoms with E-state index in [4.69, 9.17) is 0 Å². The fraction of sp³-hybridized carbons (Fsp3) is 0.286. The summed E-state index contributed by atoms with van der Waals surface area (Å²) in [6.45, 7) is 0.889. The van der Waals surface area contributed by atoms with E-state index >= 15 is 0 Å². The van der Waals surface area contributed by atoms with Crippen LogP contribution < -0.4 is 10.6 Å². The van der Waals surface area contributed by atoms with E-state index in [1.165, 1.54) is 30.6 Å². The molecule has 2 unspecified atom stereocenters. The third-order valence-electron chi connectivity index (χ3n) is 5.26. The summed E-state index contributed by atoms with van der Waals surface area (Å²) in [6.07, 6.45) is 2.51. The molecule has 1 aliphatic carbocycles. The van der Waals surface area contributed by atoms with Crippen LogP contribution in [0.3, 0.4) is 0 Å². The van der Waals surface area contributed by atoms with Gasteiger partial charge in [-0.15, -0.1) is 0 Å². The van der Waals surface area contributed by atoms with Gasteiger partial charge in [0, 0.05) is 42.6 Å². The second-order valence-electron chi connectivity index (χ2n) is 7.37. The Kier molecular flexibility index (Phi) is 5.70. The van der Waals surface area contributed by atoms with Crippen molar-refractivity contribution in [2.24, 2.45) is 5.92 Å². The highest BCUT2D eigenvalue weighted by molar-refractivity contribution is 5.90. The van der Waals surface area contributed by atoms with Crippen molar-refractivity contribution in [2.45, 2.75) is 18.8 Å². The van der Waals surface area contributed by atoms with Crippen LogP contribution in [0.25, 0.3) is 10.9 Å². The topological polar surface area (TPSA) is 110 Å². The second-order valence-corrected chi connectivity index (χ2v) is 7.37. The van der Waals surface area contributed by atoms with Gasteiger partial charge in [-0.25, -0.2) is 18.7 Å². The maximum atomic E-state index is 13.8.